The van der Waals surface area contributed by atoms with Gasteiger partial charge in [-0.25, -0.2) is 0 Å². The summed E-state index contributed by atoms with van der Waals surface area (Å²) in [4.78, 5) is 0. The summed E-state index contributed by atoms with van der Waals surface area (Å²) in [6.07, 6.45) is 1.96. The van der Waals surface area contributed by atoms with Gasteiger partial charge in [-0.15, -0.1) is 0 Å². The van der Waals surface area contributed by atoms with E-state index < -0.39 is 0 Å². The summed E-state index contributed by atoms with van der Waals surface area (Å²) in [5.74, 6) is 0. The second-order valence-corrected chi connectivity index (χ2v) is 6.47. The topological polar surface area (TPSA) is 12.0 Å². The van der Waals surface area contributed by atoms with Gasteiger partial charge in [0.2, 0.25) is 0 Å². The van der Waals surface area contributed by atoms with Gasteiger partial charge in [0.25, 0.3) is 0 Å². The van der Waals surface area contributed by atoms with Crippen molar-refractivity contribution < 1.29 is 0 Å². The molecule has 0 radical (unpaired) electrons. The number of hydrogen-bond donors (Lipinski definition) is 1. The zero-order valence-corrected chi connectivity index (χ0v) is 12.5. The molecular weight excluding hydrogens is 253 g/mol. The van der Waals surface area contributed by atoms with Crippen LogP contribution in [0.15, 0.2) is 18.2 Å². The first-order chi connectivity index (χ1) is 7.83. The van der Waals surface area contributed by atoms with Crippen molar-refractivity contribution in [3.05, 3.63) is 33.8 Å². The zero-order valence-electron chi connectivity index (χ0n) is 11.0. The second kappa shape index (κ2) is 6.08. The van der Waals surface area contributed by atoms with Gasteiger partial charge in [-0.2, -0.15) is 0 Å². The first kappa shape index (κ1) is 14.8. The predicted octanol–water partition coefficient (Wildman–Crippen LogP) is 4.56. The summed E-state index contributed by atoms with van der Waals surface area (Å²) < 4.78 is 0. The van der Waals surface area contributed by atoms with Crippen LogP contribution in [0.4, 0.5) is 0 Å². The van der Waals surface area contributed by atoms with Crippen LogP contribution >= 0.6 is 23.2 Å². The molecule has 96 valence electrons. The molecule has 1 aromatic carbocycles. The number of hydrogen-bond acceptors (Lipinski definition) is 1. The fourth-order valence-electron chi connectivity index (χ4n) is 1.99. The third kappa shape index (κ3) is 4.87. The van der Waals surface area contributed by atoms with Crippen LogP contribution in [0.1, 0.15) is 32.8 Å². The van der Waals surface area contributed by atoms with E-state index in [2.05, 4.69) is 26.1 Å². The molecule has 0 spiro atoms. The quantitative estimate of drug-likeness (QED) is 0.848. The Kier molecular flexibility index (Phi) is 5.30. The van der Waals surface area contributed by atoms with E-state index >= 15 is 0 Å². The molecule has 0 bridgehead atoms. The van der Waals surface area contributed by atoms with E-state index in [9.17, 15) is 0 Å². The van der Waals surface area contributed by atoms with E-state index in [0.717, 1.165) is 28.5 Å². The van der Waals surface area contributed by atoms with Crippen molar-refractivity contribution in [1.29, 1.82) is 0 Å². The Balaban J connectivity index is 2.81. The van der Waals surface area contributed by atoms with Gasteiger partial charge < -0.3 is 5.32 Å². The molecule has 1 N–H and O–H groups in total. The summed E-state index contributed by atoms with van der Waals surface area (Å²) in [5, 5.41) is 4.86. The van der Waals surface area contributed by atoms with Gasteiger partial charge in [-0.05, 0) is 43.0 Å². The van der Waals surface area contributed by atoms with Crippen LogP contribution in [0, 0.1) is 5.41 Å². The summed E-state index contributed by atoms with van der Waals surface area (Å²) in [5.41, 5.74) is 1.33. The average molecular weight is 274 g/mol. The van der Waals surface area contributed by atoms with E-state index in [1.165, 1.54) is 0 Å². The molecule has 0 saturated carbocycles. The lowest BCUT2D eigenvalue weighted by atomic mass is 9.86. The Morgan fingerprint density at radius 1 is 1.18 bits per heavy atom. The molecule has 0 amide bonds. The molecule has 1 unspecified atom stereocenters. The monoisotopic (exact) mass is 273 g/mol. The van der Waals surface area contributed by atoms with Crippen LogP contribution in [-0.2, 0) is 6.42 Å². The Morgan fingerprint density at radius 3 is 2.12 bits per heavy atom. The van der Waals surface area contributed by atoms with Gasteiger partial charge in [0.15, 0.2) is 0 Å². The third-order valence-corrected chi connectivity index (χ3v) is 3.49. The van der Waals surface area contributed by atoms with Crippen LogP contribution in [0.2, 0.25) is 10.0 Å². The van der Waals surface area contributed by atoms with Crippen LogP contribution in [0.5, 0.6) is 0 Å². The molecule has 1 nitrogen and oxygen atoms in total. The lowest BCUT2D eigenvalue weighted by molar-refractivity contribution is 0.316. The average Bonchev–Trinajstić information content (AvgIpc) is 2.20. The third-order valence-electron chi connectivity index (χ3n) is 2.78. The number of likely N-dealkylation sites (N-methyl/N-ethyl adjacent to an activating group) is 1. The summed E-state index contributed by atoms with van der Waals surface area (Å²) >= 11 is 12.4. The van der Waals surface area contributed by atoms with Crippen LogP contribution in [-0.4, -0.2) is 13.1 Å². The molecule has 1 atom stereocenters. The van der Waals surface area contributed by atoms with E-state index in [1.54, 1.807) is 0 Å². The smallest absolute Gasteiger partial charge is 0.0453 e. The van der Waals surface area contributed by atoms with E-state index in [-0.39, 0.29) is 0 Å². The Hall–Kier alpha value is -0.240. The molecule has 0 saturated heterocycles. The van der Waals surface area contributed by atoms with Crippen molar-refractivity contribution in [3.8, 4) is 0 Å². The number of rotatable bonds is 4. The Bertz CT molecular complexity index is 349. The molecule has 0 aliphatic heterocycles. The van der Waals surface area contributed by atoms with Gasteiger partial charge in [0.05, 0.1) is 0 Å². The van der Waals surface area contributed by atoms with Crippen molar-refractivity contribution >= 4 is 23.2 Å². The summed E-state index contributed by atoms with van der Waals surface area (Å²) in [6, 6.07) is 6.07. The zero-order chi connectivity index (χ0) is 13.1. The van der Waals surface area contributed by atoms with E-state index in [4.69, 9.17) is 23.2 Å². The van der Waals surface area contributed by atoms with Gasteiger partial charge in [-0.3, -0.25) is 0 Å². The first-order valence-electron chi connectivity index (χ1n) is 5.93. The minimum atomic E-state index is 0.293. The van der Waals surface area contributed by atoms with Crippen molar-refractivity contribution in [1.82, 2.24) is 5.32 Å². The van der Waals surface area contributed by atoms with Crippen LogP contribution in [0.3, 0.4) is 0 Å². The maximum atomic E-state index is 6.19. The molecule has 17 heavy (non-hydrogen) atoms. The molecule has 3 heteroatoms. The Labute approximate surface area is 115 Å². The van der Waals surface area contributed by atoms with E-state index in [0.29, 0.717) is 11.5 Å². The lowest BCUT2D eigenvalue weighted by Gasteiger charge is -2.26. The highest BCUT2D eigenvalue weighted by atomic mass is 35.5. The summed E-state index contributed by atoms with van der Waals surface area (Å²) in [7, 11) is 1.99. The van der Waals surface area contributed by atoms with Gasteiger partial charge in [0.1, 0.15) is 0 Å². The predicted molar refractivity (Wildman–Crippen MR) is 77.1 cm³/mol. The van der Waals surface area contributed by atoms with Crippen LogP contribution < -0.4 is 5.32 Å². The minimum absolute atomic E-state index is 0.293. The largest absolute Gasteiger partial charge is 0.317 e. The molecule has 0 heterocycles. The molecular formula is C14H21Cl2N. The van der Waals surface area contributed by atoms with Gasteiger partial charge in [-0.1, -0.05) is 50.0 Å². The molecule has 0 aromatic heterocycles. The van der Waals surface area contributed by atoms with E-state index in [1.807, 2.05) is 25.2 Å². The Morgan fingerprint density at radius 2 is 1.71 bits per heavy atom. The maximum Gasteiger partial charge on any atom is 0.0453 e. The minimum Gasteiger partial charge on any atom is -0.317 e. The van der Waals surface area contributed by atoms with Crippen LogP contribution in [0.25, 0.3) is 0 Å². The highest BCUT2D eigenvalue weighted by Crippen LogP contribution is 2.28. The molecule has 0 fully saturated rings. The highest BCUT2D eigenvalue weighted by Gasteiger charge is 2.19. The number of nitrogens with one attached hydrogen (secondary N) is 1. The normalized spacial score (nSPS) is 13.8. The molecule has 0 aliphatic carbocycles. The summed E-state index contributed by atoms with van der Waals surface area (Å²) in [6.45, 7) is 6.72. The highest BCUT2D eigenvalue weighted by molar-refractivity contribution is 6.35. The van der Waals surface area contributed by atoms with Crippen molar-refractivity contribution in [2.24, 2.45) is 5.41 Å². The molecule has 0 aliphatic rings. The second-order valence-electron chi connectivity index (χ2n) is 5.65. The molecule has 1 rings (SSSR count). The molecule has 1 aromatic rings. The fraction of sp³-hybridized carbons (Fsp3) is 0.571. The maximum absolute atomic E-state index is 6.19. The standard InChI is InChI=1S/C14H21Cl2N/c1-14(2,3)9-10(17-4)8-11-12(15)6-5-7-13(11)16/h5-7,10,17H,8-9H2,1-4H3. The lowest BCUT2D eigenvalue weighted by Crippen LogP contribution is -2.32. The first-order valence-corrected chi connectivity index (χ1v) is 6.69. The van der Waals surface area contributed by atoms with Crippen molar-refractivity contribution in [2.75, 3.05) is 7.05 Å². The number of benzene rings is 1. The van der Waals surface area contributed by atoms with Crippen molar-refractivity contribution in [2.45, 2.75) is 39.7 Å². The number of halogens is 2. The fourth-order valence-corrected chi connectivity index (χ4v) is 2.54. The van der Waals surface area contributed by atoms with Crippen molar-refractivity contribution in [3.63, 3.8) is 0 Å². The van der Waals surface area contributed by atoms with Gasteiger partial charge >= 0.3 is 0 Å². The SMILES string of the molecule is CNC(Cc1c(Cl)cccc1Cl)CC(C)(C)C. The van der Waals surface area contributed by atoms with Gasteiger partial charge in [0, 0.05) is 16.1 Å².